The summed E-state index contributed by atoms with van der Waals surface area (Å²) in [6.07, 6.45) is 5.02. The Morgan fingerprint density at radius 2 is 1.82 bits per heavy atom. The Bertz CT molecular complexity index is 285. The number of hydrogen-bond donors (Lipinski definition) is 2. The average Bonchev–Trinajstić information content (AvgIpc) is 2.68. The third-order valence-electron chi connectivity index (χ3n) is 3.73. The molecule has 2 unspecified atom stereocenters. The predicted octanol–water partition coefficient (Wildman–Crippen LogP) is 2.24. The maximum Gasteiger partial charge on any atom is 0.230 e. The summed E-state index contributed by atoms with van der Waals surface area (Å²) in [5, 5.41) is 3.08. The zero-order valence-electron chi connectivity index (χ0n) is 11.0. The standard InChI is InChI=1S/C13H24N2OS/c1-8(2)11(12(14)17)13(16)15-9(3)10-6-4-5-7-10/h8-11H,4-7H2,1-3H3,(H2,14,17)(H,15,16). The fourth-order valence-corrected chi connectivity index (χ4v) is 3.03. The molecule has 0 aliphatic heterocycles. The Labute approximate surface area is 110 Å². The van der Waals surface area contributed by atoms with Crippen LogP contribution in [0.25, 0.3) is 0 Å². The van der Waals surface area contributed by atoms with Gasteiger partial charge in [0.1, 0.15) is 0 Å². The van der Waals surface area contributed by atoms with E-state index in [0.717, 1.165) is 0 Å². The molecular weight excluding hydrogens is 232 g/mol. The van der Waals surface area contributed by atoms with Crippen LogP contribution in [0.3, 0.4) is 0 Å². The number of thiocarbonyl (C=S) groups is 1. The number of carbonyl (C=O) groups excluding carboxylic acids is 1. The van der Waals surface area contributed by atoms with Crippen molar-refractivity contribution in [2.45, 2.75) is 52.5 Å². The average molecular weight is 256 g/mol. The molecule has 1 fully saturated rings. The minimum Gasteiger partial charge on any atom is -0.393 e. The molecule has 3 N–H and O–H groups in total. The Kier molecular flexibility index (Phi) is 5.37. The normalized spacial score (nSPS) is 20.2. The van der Waals surface area contributed by atoms with Gasteiger partial charge in [-0.05, 0) is 31.6 Å². The highest BCUT2D eigenvalue weighted by Crippen LogP contribution is 2.27. The minimum atomic E-state index is -0.339. The van der Waals surface area contributed by atoms with Crippen LogP contribution < -0.4 is 11.1 Å². The van der Waals surface area contributed by atoms with Crippen LogP contribution in [0.4, 0.5) is 0 Å². The lowest BCUT2D eigenvalue weighted by molar-refractivity contribution is -0.124. The molecule has 0 heterocycles. The zero-order valence-corrected chi connectivity index (χ0v) is 11.8. The quantitative estimate of drug-likeness (QED) is 0.742. The van der Waals surface area contributed by atoms with E-state index >= 15 is 0 Å². The second kappa shape index (κ2) is 6.34. The third kappa shape index (κ3) is 3.95. The van der Waals surface area contributed by atoms with Gasteiger partial charge in [0.15, 0.2) is 0 Å². The lowest BCUT2D eigenvalue weighted by Gasteiger charge is -2.25. The number of nitrogens with one attached hydrogen (secondary N) is 1. The van der Waals surface area contributed by atoms with E-state index in [9.17, 15) is 4.79 Å². The molecule has 2 atom stereocenters. The monoisotopic (exact) mass is 256 g/mol. The van der Waals surface area contributed by atoms with Crippen molar-refractivity contribution in [1.82, 2.24) is 5.32 Å². The van der Waals surface area contributed by atoms with Crippen molar-refractivity contribution in [1.29, 1.82) is 0 Å². The number of hydrogen-bond acceptors (Lipinski definition) is 2. The molecule has 1 amide bonds. The molecule has 98 valence electrons. The van der Waals surface area contributed by atoms with E-state index in [2.05, 4.69) is 12.2 Å². The van der Waals surface area contributed by atoms with E-state index in [-0.39, 0.29) is 23.8 Å². The van der Waals surface area contributed by atoms with Gasteiger partial charge in [-0.25, -0.2) is 0 Å². The number of amides is 1. The molecule has 4 heteroatoms. The van der Waals surface area contributed by atoms with Crippen LogP contribution >= 0.6 is 12.2 Å². The highest BCUT2D eigenvalue weighted by atomic mass is 32.1. The summed E-state index contributed by atoms with van der Waals surface area (Å²) in [5.41, 5.74) is 5.64. The number of nitrogens with two attached hydrogens (primary N) is 1. The van der Waals surface area contributed by atoms with Crippen molar-refractivity contribution in [3.63, 3.8) is 0 Å². The Hall–Kier alpha value is -0.640. The molecule has 0 radical (unpaired) electrons. The second-order valence-corrected chi connectivity index (χ2v) is 5.94. The topological polar surface area (TPSA) is 55.1 Å². The molecular formula is C13H24N2OS. The van der Waals surface area contributed by atoms with E-state index in [4.69, 9.17) is 18.0 Å². The van der Waals surface area contributed by atoms with Gasteiger partial charge in [0.25, 0.3) is 0 Å². The van der Waals surface area contributed by atoms with E-state index in [1.54, 1.807) is 0 Å². The van der Waals surface area contributed by atoms with Gasteiger partial charge in [-0.1, -0.05) is 38.9 Å². The largest absolute Gasteiger partial charge is 0.393 e. The van der Waals surface area contributed by atoms with Gasteiger partial charge in [-0.15, -0.1) is 0 Å². The van der Waals surface area contributed by atoms with Crippen molar-refractivity contribution in [2.75, 3.05) is 0 Å². The van der Waals surface area contributed by atoms with Crippen molar-refractivity contribution in [3.8, 4) is 0 Å². The summed E-state index contributed by atoms with van der Waals surface area (Å²) in [6.45, 7) is 6.04. The first-order valence-corrected chi connectivity index (χ1v) is 6.94. The first-order valence-electron chi connectivity index (χ1n) is 6.53. The molecule has 0 aromatic heterocycles. The highest BCUT2D eigenvalue weighted by molar-refractivity contribution is 7.80. The number of carbonyl (C=O) groups is 1. The lowest BCUT2D eigenvalue weighted by Crippen LogP contribution is -2.46. The van der Waals surface area contributed by atoms with Crippen molar-refractivity contribution >= 4 is 23.1 Å². The second-order valence-electron chi connectivity index (χ2n) is 5.47. The van der Waals surface area contributed by atoms with Crippen LogP contribution in [0.2, 0.25) is 0 Å². The number of rotatable bonds is 5. The van der Waals surface area contributed by atoms with E-state index in [1.165, 1.54) is 25.7 Å². The molecule has 1 saturated carbocycles. The van der Waals surface area contributed by atoms with E-state index in [0.29, 0.717) is 10.9 Å². The Morgan fingerprint density at radius 1 is 1.29 bits per heavy atom. The fraction of sp³-hybridized carbons (Fsp3) is 0.846. The van der Waals surface area contributed by atoms with Gasteiger partial charge in [-0.2, -0.15) is 0 Å². The molecule has 0 saturated heterocycles. The van der Waals surface area contributed by atoms with Gasteiger partial charge in [0.2, 0.25) is 5.91 Å². The molecule has 0 aromatic rings. The SMILES string of the molecule is CC(C)C(C(=O)NC(C)C1CCCC1)C(N)=S. The molecule has 0 bridgehead atoms. The molecule has 0 spiro atoms. The van der Waals surface area contributed by atoms with Crippen LogP contribution in [-0.4, -0.2) is 16.9 Å². The van der Waals surface area contributed by atoms with Crippen LogP contribution in [0.1, 0.15) is 46.5 Å². The van der Waals surface area contributed by atoms with Gasteiger partial charge in [0, 0.05) is 6.04 Å². The first-order chi connectivity index (χ1) is 7.93. The smallest absolute Gasteiger partial charge is 0.230 e. The van der Waals surface area contributed by atoms with Crippen LogP contribution in [0.15, 0.2) is 0 Å². The molecule has 0 aromatic carbocycles. The third-order valence-corrected chi connectivity index (χ3v) is 3.99. The van der Waals surface area contributed by atoms with E-state index < -0.39 is 0 Å². The van der Waals surface area contributed by atoms with E-state index in [1.807, 2.05) is 13.8 Å². The van der Waals surface area contributed by atoms with Gasteiger partial charge >= 0.3 is 0 Å². The first kappa shape index (κ1) is 14.4. The van der Waals surface area contributed by atoms with Gasteiger partial charge in [-0.3, -0.25) is 4.79 Å². The molecule has 3 nitrogen and oxygen atoms in total. The molecule has 17 heavy (non-hydrogen) atoms. The molecule has 1 aliphatic carbocycles. The summed E-state index contributed by atoms with van der Waals surface area (Å²) < 4.78 is 0. The predicted molar refractivity (Wildman–Crippen MR) is 74.7 cm³/mol. The van der Waals surface area contributed by atoms with Crippen molar-refractivity contribution in [2.24, 2.45) is 23.5 Å². The minimum absolute atomic E-state index is 0.00750. The van der Waals surface area contributed by atoms with Crippen LogP contribution in [0.5, 0.6) is 0 Å². The maximum absolute atomic E-state index is 12.1. The fourth-order valence-electron chi connectivity index (χ4n) is 2.65. The zero-order chi connectivity index (χ0) is 13.0. The van der Waals surface area contributed by atoms with Gasteiger partial charge < -0.3 is 11.1 Å². The lowest BCUT2D eigenvalue weighted by atomic mass is 9.93. The summed E-state index contributed by atoms with van der Waals surface area (Å²) >= 11 is 4.97. The molecule has 1 rings (SSSR count). The van der Waals surface area contributed by atoms with Gasteiger partial charge in [0.05, 0.1) is 10.9 Å². The molecule has 1 aliphatic rings. The Morgan fingerprint density at radius 3 is 2.24 bits per heavy atom. The summed E-state index contributed by atoms with van der Waals surface area (Å²) in [4.78, 5) is 12.4. The summed E-state index contributed by atoms with van der Waals surface area (Å²) in [7, 11) is 0. The maximum atomic E-state index is 12.1. The van der Waals surface area contributed by atoms with Crippen LogP contribution in [-0.2, 0) is 4.79 Å². The van der Waals surface area contributed by atoms with Crippen LogP contribution in [0, 0.1) is 17.8 Å². The Balaban J connectivity index is 2.54. The van der Waals surface area contributed by atoms with Crippen molar-refractivity contribution in [3.05, 3.63) is 0 Å². The van der Waals surface area contributed by atoms with Crippen molar-refractivity contribution < 1.29 is 4.79 Å². The summed E-state index contributed by atoms with van der Waals surface area (Å²) in [6, 6.07) is 0.237. The highest BCUT2D eigenvalue weighted by Gasteiger charge is 2.29. The summed E-state index contributed by atoms with van der Waals surface area (Å²) in [5.74, 6) is 0.433.